The van der Waals surface area contributed by atoms with E-state index in [9.17, 15) is 0 Å². The van der Waals surface area contributed by atoms with Gasteiger partial charge in [-0.3, -0.25) is 0 Å². The summed E-state index contributed by atoms with van der Waals surface area (Å²) in [5.74, 6) is 1.94. The van der Waals surface area contributed by atoms with Crippen molar-refractivity contribution in [2.75, 3.05) is 0 Å². The first-order valence-electron chi connectivity index (χ1n) is 16.2. The van der Waals surface area contributed by atoms with Crippen molar-refractivity contribution >= 4 is 32.3 Å². The lowest BCUT2D eigenvalue weighted by Crippen LogP contribution is -2.00. The van der Waals surface area contributed by atoms with Crippen LogP contribution in [0.5, 0.6) is 0 Å². The molecule has 0 fully saturated rings. The highest BCUT2D eigenvalue weighted by atomic mass is 15.0. The number of hydrogen-bond donors (Lipinski definition) is 0. The summed E-state index contributed by atoms with van der Waals surface area (Å²) >= 11 is 0. The minimum atomic E-state index is 0.640. The lowest BCUT2D eigenvalue weighted by atomic mass is 9.86. The van der Waals surface area contributed by atoms with Gasteiger partial charge in [0.1, 0.15) is 0 Å². The molecule has 0 saturated carbocycles. The maximum absolute atomic E-state index is 5.04. The van der Waals surface area contributed by atoms with Gasteiger partial charge in [0.25, 0.3) is 0 Å². The summed E-state index contributed by atoms with van der Waals surface area (Å²) < 4.78 is 0. The number of aromatic nitrogens is 3. The molecule has 3 nitrogen and oxygen atoms in total. The van der Waals surface area contributed by atoms with E-state index in [1.807, 2.05) is 60.7 Å². The van der Waals surface area contributed by atoms with Crippen molar-refractivity contribution < 1.29 is 0 Å². The van der Waals surface area contributed by atoms with Crippen molar-refractivity contribution in [3.05, 3.63) is 176 Å². The summed E-state index contributed by atoms with van der Waals surface area (Å²) in [4.78, 5) is 15.0. The molecule has 0 aliphatic carbocycles. The monoisotopic (exact) mass is 611 g/mol. The van der Waals surface area contributed by atoms with Crippen molar-refractivity contribution in [3.63, 3.8) is 0 Å². The molecular weight excluding hydrogens is 583 g/mol. The molecule has 0 aliphatic rings. The van der Waals surface area contributed by atoms with E-state index in [-0.39, 0.29) is 0 Å². The molecule has 0 radical (unpaired) electrons. The summed E-state index contributed by atoms with van der Waals surface area (Å²) in [5, 5.41) is 7.56. The topological polar surface area (TPSA) is 38.7 Å². The Labute approximate surface area is 278 Å². The quantitative estimate of drug-likeness (QED) is 0.182. The van der Waals surface area contributed by atoms with Crippen LogP contribution in [0, 0.1) is 0 Å². The summed E-state index contributed by atoms with van der Waals surface area (Å²) in [7, 11) is 0. The highest BCUT2D eigenvalue weighted by Crippen LogP contribution is 2.43. The van der Waals surface area contributed by atoms with Gasteiger partial charge >= 0.3 is 0 Å². The minimum Gasteiger partial charge on any atom is -0.208 e. The Morgan fingerprint density at radius 2 is 0.667 bits per heavy atom. The molecule has 0 amide bonds. The van der Waals surface area contributed by atoms with E-state index in [1.54, 1.807) is 0 Å². The van der Waals surface area contributed by atoms with Crippen LogP contribution in [0.3, 0.4) is 0 Å². The molecule has 9 rings (SSSR count). The third-order valence-electron chi connectivity index (χ3n) is 9.12. The average Bonchev–Trinajstić information content (AvgIpc) is 3.18. The molecule has 48 heavy (non-hydrogen) atoms. The number of fused-ring (bicyclic) bond motifs is 6. The molecule has 0 saturated heterocycles. The standard InChI is InChI=1S/C45H29N3/c1-4-15-30(16-5-1)41-29-33(45-47-43(31-17-6-2-7-18-31)46-44(48-45)32-19-8-3-9-20-32)27-28-37(41)40-26-14-25-39-36-22-11-10-21-34(36)35-23-12-13-24-38(35)42(39)40/h1-29H. The van der Waals surface area contributed by atoms with E-state index in [2.05, 4.69) is 115 Å². The van der Waals surface area contributed by atoms with Crippen molar-refractivity contribution in [1.82, 2.24) is 15.0 Å². The lowest BCUT2D eigenvalue weighted by Gasteiger charge is -2.18. The van der Waals surface area contributed by atoms with Crippen LogP contribution in [-0.2, 0) is 0 Å². The van der Waals surface area contributed by atoms with Gasteiger partial charge in [-0.05, 0) is 60.6 Å². The number of rotatable bonds is 5. The zero-order valence-corrected chi connectivity index (χ0v) is 26.1. The number of benzene rings is 8. The van der Waals surface area contributed by atoms with E-state index in [0.717, 1.165) is 33.4 Å². The van der Waals surface area contributed by atoms with Crippen LogP contribution in [-0.4, -0.2) is 15.0 Å². The molecular formula is C45H29N3. The first-order valence-corrected chi connectivity index (χ1v) is 16.2. The SMILES string of the molecule is c1ccc(-c2nc(-c3ccccc3)nc(-c3ccc(-c4cccc5c6ccccc6c6ccccc6c45)c(-c4ccccc4)c3)n2)cc1. The second kappa shape index (κ2) is 11.7. The van der Waals surface area contributed by atoms with Crippen LogP contribution < -0.4 is 0 Å². The van der Waals surface area contributed by atoms with E-state index < -0.39 is 0 Å². The van der Waals surface area contributed by atoms with Crippen molar-refractivity contribution in [2.24, 2.45) is 0 Å². The fourth-order valence-corrected chi connectivity index (χ4v) is 6.89. The Kier molecular flexibility index (Phi) is 6.80. The Morgan fingerprint density at radius 1 is 0.250 bits per heavy atom. The molecule has 0 atom stereocenters. The molecule has 1 heterocycles. The highest BCUT2D eigenvalue weighted by molar-refractivity contribution is 6.28. The molecule has 8 aromatic carbocycles. The Hall–Kier alpha value is -6.45. The third kappa shape index (κ3) is 4.81. The number of nitrogens with zero attached hydrogens (tertiary/aromatic N) is 3. The highest BCUT2D eigenvalue weighted by Gasteiger charge is 2.18. The normalized spacial score (nSPS) is 11.3. The van der Waals surface area contributed by atoms with Gasteiger partial charge in [0, 0.05) is 16.7 Å². The molecule has 0 unspecified atom stereocenters. The van der Waals surface area contributed by atoms with Gasteiger partial charge in [0.05, 0.1) is 0 Å². The van der Waals surface area contributed by atoms with Crippen molar-refractivity contribution in [1.29, 1.82) is 0 Å². The zero-order chi connectivity index (χ0) is 31.9. The summed E-state index contributed by atoms with van der Waals surface area (Å²) in [5.41, 5.74) is 7.46. The fourth-order valence-electron chi connectivity index (χ4n) is 6.89. The lowest BCUT2D eigenvalue weighted by molar-refractivity contribution is 1.07. The molecule has 0 N–H and O–H groups in total. The van der Waals surface area contributed by atoms with Crippen molar-refractivity contribution in [2.45, 2.75) is 0 Å². The van der Waals surface area contributed by atoms with Gasteiger partial charge in [0.15, 0.2) is 17.5 Å². The maximum Gasteiger partial charge on any atom is 0.164 e. The molecule has 224 valence electrons. The zero-order valence-electron chi connectivity index (χ0n) is 26.1. The van der Waals surface area contributed by atoms with Gasteiger partial charge in [-0.2, -0.15) is 0 Å². The summed E-state index contributed by atoms with van der Waals surface area (Å²) in [6.45, 7) is 0. The predicted molar refractivity (Wildman–Crippen MR) is 200 cm³/mol. The largest absolute Gasteiger partial charge is 0.208 e. The van der Waals surface area contributed by atoms with E-state index in [1.165, 1.54) is 37.9 Å². The third-order valence-corrected chi connectivity index (χ3v) is 9.12. The first-order chi connectivity index (χ1) is 23.8. The minimum absolute atomic E-state index is 0.640. The van der Waals surface area contributed by atoms with Gasteiger partial charge in [-0.25, -0.2) is 15.0 Å². The Balaban J connectivity index is 1.31. The Morgan fingerprint density at radius 3 is 1.21 bits per heavy atom. The molecule has 3 heteroatoms. The number of hydrogen-bond acceptors (Lipinski definition) is 3. The molecule has 9 aromatic rings. The van der Waals surface area contributed by atoms with E-state index in [0.29, 0.717) is 17.5 Å². The molecule has 1 aromatic heterocycles. The van der Waals surface area contributed by atoms with Crippen LogP contribution >= 0.6 is 0 Å². The van der Waals surface area contributed by atoms with Gasteiger partial charge < -0.3 is 0 Å². The second-order valence-electron chi connectivity index (χ2n) is 12.0. The van der Waals surface area contributed by atoms with Crippen molar-refractivity contribution in [3.8, 4) is 56.4 Å². The molecule has 0 bridgehead atoms. The van der Waals surface area contributed by atoms with Crippen LogP contribution in [0.15, 0.2) is 176 Å². The molecule has 0 spiro atoms. The first kappa shape index (κ1) is 27.8. The van der Waals surface area contributed by atoms with Crippen LogP contribution in [0.4, 0.5) is 0 Å². The van der Waals surface area contributed by atoms with Gasteiger partial charge in [0.2, 0.25) is 0 Å². The summed E-state index contributed by atoms with van der Waals surface area (Å²) in [6.07, 6.45) is 0. The smallest absolute Gasteiger partial charge is 0.164 e. The summed E-state index contributed by atoms with van der Waals surface area (Å²) in [6, 6.07) is 61.7. The maximum atomic E-state index is 5.04. The second-order valence-corrected chi connectivity index (χ2v) is 12.0. The van der Waals surface area contributed by atoms with Crippen LogP contribution in [0.1, 0.15) is 0 Å². The van der Waals surface area contributed by atoms with Gasteiger partial charge in [-0.15, -0.1) is 0 Å². The van der Waals surface area contributed by atoms with Gasteiger partial charge in [-0.1, -0.05) is 170 Å². The Bertz CT molecular complexity index is 2490. The van der Waals surface area contributed by atoms with E-state index in [4.69, 9.17) is 15.0 Å². The fraction of sp³-hybridized carbons (Fsp3) is 0. The van der Waals surface area contributed by atoms with Crippen LogP contribution in [0.2, 0.25) is 0 Å². The average molecular weight is 612 g/mol. The molecule has 0 aliphatic heterocycles. The van der Waals surface area contributed by atoms with E-state index >= 15 is 0 Å². The van der Waals surface area contributed by atoms with Crippen LogP contribution in [0.25, 0.3) is 88.7 Å². The predicted octanol–water partition coefficient (Wildman–Crippen LogP) is 11.7.